The lowest BCUT2D eigenvalue weighted by atomic mass is 10.2. The number of benzene rings is 1. The van der Waals surface area contributed by atoms with E-state index >= 15 is 0 Å². The van der Waals surface area contributed by atoms with Crippen molar-refractivity contribution in [3.63, 3.8) is 0 Å². The van der Waals surface area contributed by atoms with Crippen LogP contribution >= 0.6 is 23.1 Å². The molecule has 0 amide bonds. The molecule has 0 saturated carbocycles. The lowest BCUT2D eigenvalue weighted by Crippen LogP contribution is -2.13. The molecule has 0 unspecified atom stereocenters. The molecule has 108 valence electrons. The fourth-order valence-electron chi connectivity index (χ4n) is 1.55. The zero-order chi connectivity index (χ0) is 14.6. The molecule has 0 bridgehead atoms. The molecule has 0 atom stereocenters. The second-order valence-corrected chi connectivity index (χ2v) is 5.95. The topological polar surface area (TPSA) is 44.9 Å². The third-order valence-electron chi connectivity index (χ3n) is 2.37. The number of hydrogen-bond acceptors (Lipinski definition) is 4. The number of alkyl halides is 3. The van der Waals surface area contributed by atoms with Crippen LogP contribution in [0.2, 0.25) is 0 Å². The summed E-state index contributed by atoms with van der Waals surface area (Å²) < 4.78 is 36.5. The van der Waals surface area contributed by atoms with Gasteiger partial charge in [-0.3, -0.25) is 4.79 Å². The largest absolute Gasteiger partial charge is 0.446 e. The van der Waals surface area contributed by atoms with Crippen molar-refractivity contribution in [1.29, 1.82) is 0 Å². The highest BCUT2D eigenvalue weighted by atomic mass is 32.2. The minimum absolute atomic E-state index is 0.102. The number of aromatic amines is 1. The average Bonchev–Trinajstić information content (AvgIpc) is 2.75. The predicted octanol–water partition coefficient (Wildman–Crippen LogP) is 3.34. The van der Waals surface area contributed by atoms with Crippen molar-refractivity contribution in [2.45, 2.75) is 23.5 Å². The van der Waals surface area contributed by atoms with Crippen LogP contribution < -0.4 is 10.2 Å². The van der Waals surface area contributed by atoms with Crippen molar-refractivity contribution in [3.8, 4) is 0 Å². The van der Waals surface area contributed by atoms with Gasteiger partial charge in [0.25, 0.3) is 0 Å². The monoisotopic (exact) mass is 320 g/mol. The molecule has 0 spiro atoms. The maximum Gasteiger partial charge on any atom is 0.446 e. The van der Waals surface area contributed by atoms with E-state index in [-0.39, 0.29) is 21.5 Å². The van der Waals surface area contributed by atoms with Gasteiger partial charge in [0.1, 0.15) is 0 Å². The smallest absolute Gasteiger partial charge is 0.315 e. The lowest BCUT2D eigenvalue weighted by molar-refractivity contribution is -0.0328. The van der Waals surface area contributed by atoms with E-state index in [2.05, 4.69) is 10.3 Å². The molecular formula is C12H11F3N2OS2. The molecule has 1 aromatic carbocycles. The van der Waals surface area contributed by atoms with Crippen LogP contribution in [0.4, 0.5) is 13.2 Å². The molecule has 1 aromatic heterocycles. The highest BCUT2D eigenvalue weighted by Gasteiger charge is 2.28. The number of halogens is 3. The van der Waals surface area contributed by atoms with Crippen molar-refractivity contribution < 1.29 is 13.2 Å². The van der Waals surface area contributed by atoms with Crippen LogP contribution in [0.25, 0.3) is 0 Å². The Morgan fingerprint density at radius 3 is 2.45 bits per heavy atom. The third-order valence-corrected chi connectivity index (χ3v) is 3.83. The normalized spacial score (nSPS) is 11.8. The summed E-state index contributed by atoms with van der Waals surface area (Å²) in [6, 6.07) is 6.19. The SMILES string of the molecule is O=c1[nH]c(CNCc2ccc(SC(F)(F)F)cc2)cs1. The second-order valence-electron chi connectivity index (χ2n) is 3.97. The Hall–Kier alpha value is -1.25. The molecule has 2 rings (SSSR count). The van der Waals surface area contributed by atoms with E-state index in [4.69, 9.17) is 0 Å². The molecule has 2 N–H and O–H groups in total. The molecule has 0 fully saturated rings. The van der Waals surface area contributed by atoms with Gasteiger partial charge in [-0.15, -0.1) is 0 Å². The van der Waals surface area contributed by atoms with Crippen molar-refractivity contribution in [2.24, 2.45) is 0 Å². The van der Waals surface area contributed by atoms with Crippen LogP contribution in [0.1, 0.15) is 11.3 Å². The predicted molar refractivity (Wildman–Crippen MR) is 73.8 cm³/mol. The van der Waals surface area contributed by atoms with Crippen molar-refractivity contribution in [3.05, 3.63) is 50.6 Å². The summed E-state index contributed by atoms with van der Waals surface area (Å²) in [5, 5.41) is 4.84. The van der Waals surface area contributed by atoms with Gasteiger partial charge in [0, 0.05) is 29.1 Å². The number of hydrogen-bond donors (Lipinski definition) is 2. The van der Waals surface area contributed by atoms with Crippen molar-refractivity contribution in [1.82, 2.24) is 10.3 Å². The van der Waals surface area contributed by atoms with Gasteiger partial charge in [0.05, 0.1) is 0 Å². The van der Waals surface area contributed by atoms with Gasteiger partial charge in [-0.05, 0) is 29.5 Å². The van der Waals surface area contributed by atoms with Gasteiger partial charge in [0.2, 0.25) is 0 Å². The minimum atomic E-state index is -4.26. The van der Waals surface area contributed by atoms with E-state index in [1.807, 2.05) is 0 Å². The Morgan fingerprint density at radius 1 is 1.20 bits per heavy atom. The summed E-state index contributed by atoms with van der Waals surface area (Å²) in [6.07, 6.45) is 0. The highest BCUT2D eigenvalue weighted by Crippen LogP contribution is 2.36. The van der Waals surface area contributed by atoms with Gasteiger partial charge in [0.15, 0.2) is 0 Å². The Morgan fingerprint density at radius 2 is 1.90 bits per heavy atom. The fourth-order valence-corrected chi connectivity index (χ4v) is 2.67. The zero-order valence-electron chi connectivity index (χ0n) is 10.2. The van der Waals surface area contributed by atoms with Crippen molar-refractivity contribution in [2.75, 3.05) is 0 Å². The van der Waals surface area contributed by atoms with Crippen LogP contribution in [-0.2, 0) is 13.1 Å². The molecule has 0 radical (unpaired) electrons. The maximum atomic E-state index is 12.2. The Bertz CT molecular complexity index is 604. The first-order valence-electron chi connectivity index (χ1n) is 5.64. The van der Waals surface area contributed by atoms with E-state index in [0.29, 0.717) is 13.1 Å². The maximum absolute atomic E-state index is 12.2. The van der Waals surface area contributed by atoms with Crippen LogP contribution in [0, 0.1) is 0 Å². The van der Waals surface area contributed by atoms with E-state index in [1.165, 1.54) is 12.1 Å². The van der Waals surface area contributed by atoms with Gasteiger partial charge in [-0.25, -0.2) is 0 Å². The summed E-state index contributed by atoms with van der Waals surface area (Å²) in [5.41, 5.74) is -2.58. The van der Waals surface area contributed by atoms with Crippen LogP contribution in [0.5, 0.6) is 0 Å². The quantitative estimate of drug-likeness (QED) is 0.831. The number of thioether (sulfide) groups is 1. The Kier molecular flexibility index (Phi) is 4.90. The van der Waals surface area contributed by atoms with Gasteiger partial charge in [-0.1, -0.05) is 23.5 Å². The minimum Gasteiger partial charge on any atom is -0.315 e. The second kappa shape index (κ2) is 6.47. The summed E-state index contributed by atoms with van der Waals surface area (Å²) in [5.74, 6) is 0. The molecule has 20 heavy (non-hydrogen) atoms. The third kappa shape index (κ3) is 5.03. The van der Waals surface area contributed by atoms with Crippen LogP contribution in [0.15, 0.2) is 39.3 Å². The average molecular weight is 320 g/mol. The van der Waals surface area contributed by atoms with Crippen LogP contribution in [-0.4, -0.2) is 10.5 Å². The first kappa shape index (κ1) is 15.1. The lowest BCUT2D eigenvalue weighted by Gasteiger charge is -2.07. The molecule has 1 heterocycles. The van der Waals surface area contributed by atoms with E-state index in [1.54, 1.807) is 17.5 Å². The fraction of sp³-hybridized carbons (Fsp3) is 0.250. The number of rotatable bonds is 5. The number of H-pyrrole nitrogens is 1. The van der Waals surface area contributed by atoms with Crippen molar-refractivity contribution >= 4 is 23.1 Å². The zero-order valence-corrected chi connectivity index (χ0v) is 11.8. The molecule has 2 aromatic rings. The summed E-state index contributed by atoms with van der Waals surface area (Å²) in [4.78, 5) is 13.7. The first-order valence-corrected chi connectivity index (χ1v) is 7.34. The molecule has 0 aliphatic heterocycles. The number of nitrogens with one attached hydrogen (secondary N) is 2. The molecular weight excluding hydrogens is 309 g/mol. The Balaban J connectivity index is 1.83. The van der Waals surface area contributed by atoms with E-state index < -0.39 is 5.51 Å². The molecule has 8 heteroatoms. The van der Waals surface area contributed by atoms with Gasteiger partial charge >= 0.3 is 10.4 Å². The molecule has 0 aliphatic carbocycles. The first-order chi connectivity index (χ1) is 9.42. The summed E-state index contributed by atoms with van der Waals surface area (Å²) >= 11 is 0.972. The summed E-state index contributed by atoms with van der Waals surface area (Å²) in [6.45, 7) is 1.03. The molecule has 3 nitrogen and oxygen atoms in total. The van der Waals surface area contributed by atoms with E-state index in [0.717, 1.165) is 22.6 Å². The summed E-state index contributed by atoms with van der Waals surface area (Å²) in [7, 11) is 0. The number of aromatic nitrogens is 1. The molecule has 0 aliphatic rings. The van der Waals surface area contributed by atoms with Gasteiger partial charge in [-0.2, -0.15) is 13.2 Å². The van der Waals surface area contributed by atoms with Gasteiger partial charge < -0.3 is 10.3 Å². The Labute approximate surface area is 121 Å². The van der Waals surface area contributed by atoms with E-state index in [9.17, 15) is 18.0 Å². The molecule has 0 saturated heterocycles. The number of thiazole rings is 1. The van der Waals surface area contributed by atoms with Crippen LogP contribution in [0.3, 0.4) is 0 Å². The highest BCUT2D eigenvalue weighted by molar-refractivity contribution is 8.00. The standard InChI is InChI=1S/C12H11F3N2OS2/c13-12(14,15)20-10-3-1-8(2-4-10)5-16-6-9-7-19-11(18)17-9/h1-4,7,16H,5-6H2,(H,17,18).